The molecule has 0 aliphatic carbocycles. The molecular weight excluding hydrogens is 502 g/mol. The Morgan fingerprint density at radius 2 is 1.47 bits per heavy atom. The average molecular weight is 528 g/mol. The van der Waals surface area contributed by atoms with E-state index in [1.54, 1.807) is 48.5 Å². The minimum atomic E-state index is -4.53. The van der Waals surface area contributed by atoms with Crippen LogP contribution in [0.3, 0.4) is 0 Å². The zero-order valence-electron chi connectivity index (χ0n) is 20.6. The van der Waals surface area contributed by atoms with Gasteiger partial charge in [-0.15, -0.1) is 0 Å². The Kier molecular flexibility index (Phi) is 7.15. The quantitative estimate of drug-likeness (QED) is 0.212. The molecule has 0 aliphatic rings. The molecule has 0 aliphatic heterocycles. The zero-order chi connectivity index (χ0) is 26.5. The topological polar surface area (TPSA) is 86.0 Å². The number of hydrogen-bond acceptors (Lipinski definition) is 6. The lowest BCUT2D eigenvalue weighted by atomic mass is 10.1. The lowest BCUT2D eigenvalue weighted by molar-refractivity contribution is 0.0715. The van der Waals surface area contributed by atoms with E-state index < -0.39 is 16.3 Å². The number of nitrogens with zero attached hydrogens (tertiary/aromatic N) is 1. The third-order valence-electron chi connectivity index (χ3n) is 6.03. The van der Waals surface area contributed by atoms with Gasteiger partial charge in [0, 0.05) is 11.9 Å². The van der Waals surface area contributed by atoms with Gasteiger partial charge in [-0.3, -0.25) is 0 Å². The number of aryl methyl sites for hydroxylation is 1. The number of benzene rings is 4. The predicted octanol–water partition coefficient (Wildman–Crippen LogP) is 6.68. The van der Waals surface area contributed by atoms with Crippen LogP contribution in [-0.2, 0) is 20.9 Å². The van der Waals surface area contributed by atoms with E-state index in [0.717, 1.165) is 15.4 Å². The van der Waals surface area contributed by atoms with Gasteiger partial charge in [0.1, 0.15) is 17.1 Å². The number of hydrogen-bond donors (Lipinski definition) is 0. The molecule has 1 aromatic heterocycles. The van der Waals surface area contributed by atoms with Gasteiger partial charge in [-0.1, -0.05) is 60.7 Å². The number of carbonyl (C=O) groups is 1. The van der Waals surface area contributed by atoms with E-state index in [1.165, 1.54) is 6.07 Å². The average Bonchev–Trinajstić information content (AvgIpc) is 3.36. The van der Waals surface area contributed by atoms with Gasteiger partial charge in [0.05, 0.1) is 5.69 Å². The lowest BCUT2D eigenvalue weighted by Gasteiger charge is -2.23. The van der Waals surface area contributed by atoms with Crippen LogP contribution in [0.25, 0.3) is 11.0 Å². The summed E-state index contributed by atoms with van der Waals surface area (Å²) in [6, 6.07) is 32.0. The summed E-state index contributed by atoms with van der Waals surface area (Å²) in [5, 5.41) is 0.669. The van der Waals surface area contributed by atoms with Crippen molar-refractivity contribution in [3.05, 3.63) is 126 Å². The third-order valence-corrected chi connectivity index (χ3v) is 7.32. The van der Waals surface area contributed by atoms with Gasteiger partial charge in [-0.05, 0) is 73.0 Å². The Hall–Kier alpha value is -4.56. The van der Waals surface area contributed by atoms with Gasteiger partial charge < -0.3 is 13.3 Å². The maximum Gasteiger partial charge on any atom is 0.412 e. The maximum absolute atomic E-state index is 13.4. The molecule has 4 aromatic carbocycles. The van der Waals surface area contributed by atoms with Gasteiger partial charge in [0.15, 0.2) is 0 Å². The predicted molar refractivity (Wildman–Crippen MR) is 146 cm³/mol. The molecule has 1 heterocycles. The molecule has 0 atom stereocenters. The highest BCUT2D eigenvalue weighted by atomic mass is 32.2. The van der Waals surface area contributed by atoms with Gasteiger partial charge in [-0.2, -0.15) is 8.42 Å². The highest BCUT2D eigenvalue weighted by Gasteiger charge is 2.29. The standard InChI is InChI=1S/C30H25NO6S/c1-22-9-5-6-10-23(22)19-20-31(25-15-17-27(18-16-25)35-26-12-3-2-4-13-26)38(33,34)37-30(32)29-21-24-11-7-8-14-28(24)36-29/h2-18,21H,19-20H2,1H3. The van der Waals surface area contributed by atoms with Crippen molar-refractivity contribution in [2.24, 2.45) is 0 Å². The normalized spacial score (nSPS) is 11.3. The monoisotopic (exact) mass is 527 g/mol. The SMILES string of the molecule is Cc1ccccc1CCN(c1ccc(Oc2ccccc2)cc1)S(=O)(=O)OC(=O)c1cc2ccccc2o1. The van der Waals surface area contributed by atoms with E-state index in [2.05, 4.69) is 0 Å². The summed E-state index contributed by atoms with van der Waals surface area (Å²) in [7, 11) is -4.53. The second-order valence-electron chi connectivity index (χ2n) is 8.63. The first-order valence-corrected chi connectivity index (χ1v) is 13.4. The van der Waals surface area contributed by atoms with Gasteiger partial charge >= 0.3 is 16.3 Å². The Labute approximate surface area is 221 Å². The van der Waals surface area contributed by atoms with Crippen LogP contribution in [0.1, 0.15) is 21.7 Å². The molecule has 192 valence electrons. The summed E-state index contributed by atoms with van der Waals surface area (Å²) < 4.78 is 44.3. The van der Waals surface area contributed by atoms with Crippen LogP contribution in [0.4, 0.5) is 5.69 Å². The van der Waals surface area contributed by atoms with Crippen molar-refractivity contribution in [2.45, 2.75) is 13.3 Å². The highest BCUT2D eigenvalue weighted by molar-refractivity contribution is 7.88. The third kappa shape index (κ3) is 5.71. The van der Waals surface area contributed by atoms with E-state index in [0.29, 0.717) is 34.6 Å². The zero-order valence-corrected chi connectivity index (χ0v) is 21.4. The van der Waals surface area contributed by atoms with Crippen LogP contribution < -0.4 is 9.04 Å². The van der Waals surface area contributed by atoms with Crippen molar-refractivity contribution in [1.82, 2.24) is 0 Å². The molecule has 0 spiro atoms. The van der Waals surface area contributed by atoms with E-state index in [9.17, 15) is 13.2 Å². The summed E-state index contributed by atoms with van der Waals surface area (Å²) in [5.74, 6) is -0.0918. The molecule has 38 heavy (non-hydrogen) atoms. The van der Waals surface area contributed by atoms with Crippen molar-refractivity contribution < 1.29 is 26.5 Å². The summed E-state index contributed by atoms with van der Waals surface area (Å²) in [6.45, 7) is 2.02. The van der Waals surface area contributed by atoms with Gasteiger partial charge in [-0.25, -0.2) is 9.10 Å². The molecule has 0 bridgehead atoms. The van der Waals surface area contributed by atoms with E-state index >= 15 is 0 Å². The molecule has 0 fully saturated rings. The number of para-hydroxylation sites is 2. The number of anilines is 1. The minimum Gasteiger partial charge on any atom is -0.457 e. The molecule has 0 amide bonds. The first kappa shape index (κ1) is 25.1. The van der Waals surface area contributed by atoms with Crippen LogP contribution in [0, 0.1) is 6.92 Å². The fourth-order valence-electron chi connectivity index (χ4n) is 4.05. The van der Waals surface area contributed by atoms with Gasteiger partial charge in [0.25, 0.3) is 0 Å². The Morgan fingerprint density at radius 3 is 2.21 bits per heavy atom. The number of ether oxygens (including phenoxy) is 1. The van der Waals surface area contributed by atoms with Crippen molar-refractivity contribution in [3.8, 4) is 11.5 Å². The summed E-state index contributed by atoms with van der Waals surface area (Å²) in [4.78, 5) is 12.8. The van der Waals surface area contributed by atoms with Crippen molar-refractivity contribution in [2.75, 3.05) is 10.8 Å². The minimum absolute atomic E-state index is 0.0550. The van der Waals surface area contributed by atoms with Crippen molar-refractivity contribution in [1.29, 1.82) is 0 Å². The number of rotatable bonds is 9. The van der Waals surface area contributed by atoms with E-state index in [-0.39, 0.29) is 12.3 Å². The Balaban J connectivity index is 1.41. The molecule has 0 saturated heterocycles. The van der Waals surface area contributed by atoms with Crippen molar-refractivity contribution in [3.63, 3.8) is 0 Å². The maximum atomic E-state index is 13.4. The first-order valence-electron chi connectivity index (χ1n) is 12.0. The molecule has 0 N–H and O–H groups in total. The molecule has 0 radical (unpaired) electrons. The largest absolute Gasteiger partial charge is 0.457 e. The Bertz CT molecular complexity index is 1630. The highest BCUT2D eigenvalue weighted by Crippen LogP contribution is 2.27. The first-order chi connectivity index (χ1) is 18.4. The molecule has 5 aromatic rings. The van der Waals surface area contributed by atoms with Crippen LogP contribution >= 0.6 is 0 Å². The molecule has 5 rings (SSSR count). The molecule has 0 saturated carbocycles. The smallest absolute Gasteiger partial charge is 0.412 e. The Morgan fingerprint density at radius 1 is 0.816 bits per heavy atom. The van der Waals surface area contributed by atoms with Gasteiger partial charge in [0.2, 0.25) is 5.76 Å². The summed E-state index contributed by atoms with van der Waals surface area (Å²) in [6.07, 6.45) is 0.413. The van der Waals surface area contributed by atoms with Crippen LogP contribution in [0.5, 0.6) is 11.5 Å². The lowest BCUT2D eigenvalue weighted by Crippen LogP contribution is -2.35. The second-order valence-corrected chi connectivity index (χ2v) is 10.1. The fraction of sp³-hybridized carbons (Fsp3) is 0.100. The van der Waals surface area contributed by atoms with E-state index in [1.807, 2.05) is 61.5 Å². The molecular formula is C30H25NO6S. The van der Waals surface area contributed by atoms with Crippen LogP contribution in [0.2, 0.25) is 0 Å². The molecule has 0 unspecified atom stereocenters. The summed E-state index contributed by atoms with van der Waals surface area (Å²) >= 11 is 0. The van der Waals surface area contributed by atoms with Crippen LogP contribution in [-0.4, -0.2) is 20.9 Å². The number of carbonyl (C=O) groups excluding carboxylic acids is 1. The molecule has 7 nitrogen and oxygen atoms in total. The number of fused-ring (bicyclic) bond motifs is 1. The van der Waals surface area contributed by atoms with E-state index in [4.69, 9.17) is 13.3 Å². The molecule has 8 heteroatoms. The fourth-order valence-corrected chi connectivity index (χ4v) is 5.11. The van der Waals surface area contributed by atoms with Crippen LogP contribution in [0.15, 0.2) is 114 Å². The number of furan rings is 1. The van der Waals surface area contributed by atoms with Crippen molar-refractivity contribution >= 4 is 32.9 Å². The summed E-state index contributed by atoms with van der Waals surface area (Å²) in [5.41, 5.74) is 2.81. The second kappa shape index (κ2) is 10.8.